The summed E-state index contributed by atoms with van der Waals surface area (Å²) in [6.07, 6.45) is 3.36. The average Bonchev–Trinajstić information content (AvgIpc) is 3.11. The third kappa shape index (κ3) is 4.44. The zero-order valence-corrected chi connectivity index (χ0v) is 19.4. The maximum Gasteiger partial charge on any atom is 0.251 e. The highest BCUT2D eigenvalue weighted by Gasteiger charge is 2.33. The van der Waals surface area contributed by atoms with Gasteiger partial charge in [0.1, 0.15) is 10.8 Å². The van der Waals surface area contributed by atoms with Crippen molar-refractivity contribution in [3.05, 3.63) is 46.1 Å². The number of nitrogens with one attached hydrogen (secondary N) is 1. The van der Waals surface area contributed by atoms with Crippen LogP contribution < -0.4 is 11.1 Å². The number of halogens is 1. The summed E-state index contributed by atoms with van der Waals surface area (Å²) in [5.41, 5.74) is 7.00. The summed E-state index contributed by atoms with van der Waals surface area (Å²) >= 11 is 1.42. The van der Waals surface area contributed by atoms with Crippen molar-refractivity contribution < 1.29 is 22.4 Å². The van der Waals surface area contributed by atoms with Gasteiger partial charge in [0.05, 0.1) is 10.5 Å². The lowest BCUT2D eigenvalue weighted by Crippen LogP contribution is -2.41. The molecule has 2 aliphatic rings. The number of thiophene rings is 1. The van der Waals surface area contributed by atoms with Crippen LogP contribution in [0.1, 0.15) is 47.0 Å². The molecule has 2 heterocycles. The zero-order chi connectivity index (χ0) is 23.0. The van der Waals surface area contributed by atoms with Gasteiger partial charge in [-0.1, -0.05) is 6.92 Å². The molecule has 32 heavy (non-hydrogen) atoms. The minimum Gasteiger partial charge on any atom is -0.365 e. The monoisotopic (exact) mass is 479 g/mol. The van der Waals surface area contributed by atoms with Gasteiger partial charge in [0, 0.05) is 23.9 Å². The van der Waals surface area contributed by atoms with Crippen LogP contribution in [-0.4, -0.2) is 37.6 Å². The first-order chi connectivity index (χ1) is 15.2. The fraction of sp³-hybridized carbons (Fsp3) is 0.455. The van der Waals surface area contributed by atoms with Crippen LogP contribution in [-0.2, 0) is 27.7 Å². The minimum atomic E-state index is -3.74. The number of benzene rings is 1. The molecule has 4 rings (SSSR count). The summed E-state index contributed by atoms with van der Waals surface area (Å²) in [4.78, 5) is 26.1. The fourth-order valence-corrected chi connectivity index (χ4v) is 7.32. The normalized spacial score (nSPS) is 20.0. The number of hydrogen-bond donors (Lipinski definition) is 2. The van der Waals surface area contributed by atoms with Crippen molar-refractivity contribution >= 4 is 38.2 Å². The molecule has 1 aliphatic heterocycles. The average molecular weight is 480 g/mol. The van der Waals surface area contributed by atoms with Crippen LogP contribution in [0.3, 0.4) is 0 Å². The van der Waals surface area contributed by atoms with E-state index in [9.17, 15) is 22.4 Å². The molecular weight excluding hydrogens is 453 g/mol. The summed E-state index contributed by atoms with van der Waals surface area (Å²) in [5, 5.41) is 3.40. The topological polar surface area (TPSA) is 110 Å². The smallest absolute Gasteiger partial charge is 0.251 e. The molecule has 1 fully saturated rings. The molecule has 2 aromatic rings. The van der Waals surface area contributed by atoms with Gasteiger partial charge in [-0.25, -0.2) is 12.8 Å². The number of nitrogens with zero attached hydrogens (tertiary/aromatic N) is 1. The number of carbonyl (C=O) groups excluding carboxylic acids is 2. The quantitative estimate of drug-likeness (QED) is 0.686. The molecule has 0 bridgehead atoms. The lowest BCUT2D eigenvalue weighted by Gasteiger charge is -2.30. The molecule has 0 saturated carbocycles. The van der Waals surface area contributed by atoms with Crippen molar-refractivity contribution in [2.75, 3.05) is 18.4 Å². The molecule has 10 heteroatoms. The Morgan fingerprint density at radius 2 is 1.81 bits per heavy atom. The molecule has 1 unspecified atom stereocenters. The van der Waals surface area contributed by atoms with E-state index in [1.165, 1.54) is 27.8 Å². The molecular formula is C22H26FN3O4S2. The van der Waals surface area contributed by atoms with Crippen LogP contribution in [0.25, 0.3) is 0 Å². The Labute approximate surface area is 190 Å². The van der Waals surface area contributed by atoms with Crippen LogP contribution in [0.15, 0.2) is 29.2 Å². The number of piperidine rings is 1. The predicted molar refractivity (Wildman–Crippen MR) is 121 cm³/mol. The van der Waals surface area contributed by atoms with Crippen molar-refractivity contribution in [2.24, 2.45) is 17.6 Å². The van der Waals surface area contributed by atoms with Crippen molar-refractivity contribution in [3.63, 3.8) is 0 Å². The highest BCUT2D eigenvalue weighted by molar-refractivity contribution is 7.89. The molecule has 7 nitrogen and oxygen atoms in total. The number of carbonyl (C=O) groups is 2. The Bertz CT molecular complexity index is 1140. The van der Waals surface area contributed by atoms with Crippen molar-refractivity contribution in [1.82, 2.24) is 4.31 Å². The maximum atomic E-state index is 13.1. The van der Waals surface area contributed by atoms with Gasteiger partial charge in [0.15, 0.2) is 0 Å². The van der Waals surface area contributed by atoms with E-state index in [0.717, 1.165) is 41.8 Å². The Balaban J connectivity index is 1.43. The number of hydrogen-bond acceptors (Lipinski definition) is 5. The number of sulfonamides is 1. The Hall–Kier alpha value is -2.30. The van der Waals surface area contributed by atoms with E-state index in [1.54, 1.807) is 0 Å². The third-order valence-corrected chi connectivity index (χ3v) is 9.35. The summed E-state index contributed by atoms with van der Waals surface area (Å²) < 4.78 is 40.0. The Kier molecular flexibility index (Phi) is 6.37. The maximum absolute atomic E-state index is 13.1. The first-order valence-electron chi connectivity index (χ1n) is 10.7. The Morgan fingerprint density at radius 1 is 1.16 bits per heavy atom. The fourth-order valence-electron chi connectivity index (χ4n) is 4.43. The van der Waals surface area contributed by atoms with Gasteiger partial charge < -0.3 is 11.1 Å². The standard InChI is InChI=1S/C22H26FN3O4S2/c1-13-2-7-17-18(12-13)31-22(19(17)20(24)27)25-21(28)14-8-10-26(11-9-14)32(29,30)16-5-3-15(23)4-6-16/h3-6,13-14H,2,7-12H2,1H3,(H2,24,27)(H,25,28). The van der Waals surface area contributed by atoms with Gasteiger partial charge in [-0.3, -0.25) is 9.59 Å². The second-order valence-electron chi connectivity index (χ2n) is 8.54. The number of fused-ring (bicyclic) bond motifs is 1. The number of anilines is 1. The number of primary amides is 1. The SMILES string of the molecule is CC1CCc2c(sc(NC(=O)C3CCN(S(=O)(=O)c4ccc(F)cc4)CC3)c2C(N)=O)C1. The van der Waals surface area contributed by atoms with E-state index >= 15 is 0 Å². The lowest BCUT2D eigenvalue weighted by atomic mass is 9.88. The summed E-state index contributed by atoms with van der Waals surface area (Å²) in [6.45, 7) is 2.55. The molecule has 0 radical (unpaired) electrons. The molecule has 172 valence electrons. The van der Waals surface area contributed by atoms with E-state index in [4.69, 9.17) is 5.73 Å². The first kappa shape index (κ1) is 22.9. The molecule has 1 saturated heterocycles. The summed E-state index contributed by atoms with van der Waals surface area (Å²) in [7, 11) is -3.74. The third-order valence-electron chi connectivity index (χ3n) is 6.27. The molecule has 1 atom stereocenters. The minimum absolute atomic E-state index is 0.0336. The van der Waals surface area contributed by atoms with Gasteiger partial charge in [0.2, 0.25) is 15.9 Å². The van der Waals surface area contributed by atoms with Crippen molar-refractivity contribution in [2.45, 2.75) is 43.9 Å². The van der Waals surface area contributed by atoms with Crippen LogP contribution in [0.5, 0.6) is 0 Å². The van der Waals surface area contributed by atoms with E-state index in [-0.39, 0.29) is 29.8 Å². The van der Waals surface area contributed by atoms with E-state index in [2.05, 4.69) is 12.2 Å². The zero-order valence-electron chi connectivity index (χ0n) is 17.8. The first-order valence-corrected chi connectivity index (χ1v) is 12.9. The van der Waals surface area contributed by atoms with E-state index in [0.29, 0.717) is 29.3 Å². The highest BCUT2D eigenvalue weighted by Crippen LogP contribution is 2.40. The molecule has 1 aromatic carbocycles. The lowest BCUT2D eigenvalue weighted by molar-refractivity contribution is -0.120. The van der Waals surface area contributed by atoms with E-state index in [1.807, 2.05) is 0 Å². The molecule has 2 amide bonds. The summed E-state index contributed by atoms with van der Waals surface area (Å²) in [5.74, 6) is -1.10. The Morgan fingerprint density at radius 3 is 2.44 bits per heavy atom. The van der Waals surface area contributed by atoms with Crippen LogP contribution in [0.2, 0.25) is 0 Å². The number of rotatable bonds is 5. The van der Waals surface area contributed by atoms with Crippen molar-refractivity contribution in [3.8, 4) is 0 Å². The molecule has 3 N–H and O–H groups in total. The van der Waals surface area contributed by atoms with Crippen LogP contribution in [0.4, 0.5) is 9.39 Å². The van der Waals surface area contributed by atoms with Gasteiger partial charge >= 0.3 is 0 Å². The predicted octanol–water partition coefficient (Wildman–Crippen LogP) is 3.15. The molecule has 1 aliphatic carbocycles. The van der Waals surface area contributed by atoms with Gasteiger partial charge in [0.25, 0.3) is 5.91 Å². The van der Waals surface area contributed by atoms with Crippen LogP contribution in [0, 0.1) is 17.7 Å². The van der Waals surface area contributed by atoms with Gasteiger partial charge in [-0.15, -0.1) is 11.3 Å². The van der Waals surface area contributed by atoms with Crippen molar-refractivity contribution in [1.29, 1.82) is 0 Å². The van der Waals surface area contributed by atoms with Crippen LogP contribution >= 0.6 is 11.3 Å². The summed E-state index contributed by atoms with van der Waals surface area (Å²) in [6, 6.07) is 4.72. The second kappa shape index (κ2) is 8.92. The highest BCUT2D eigenvalue weighted by atomic mass is 32.2. The number of nitrogens with two attached hydrogens (primary N) is 1. The molecule has 1 aromatic heterocycles. The van der Waals surface area contributed by atoms with Gasteiger partial charge in [-0.05, 0) is 67.9 Å². The largest absolute Gasteiger partial charge is 0.365 e. The van der Waals surface area contributed by atoms with Gasteiger partial charge in [-0.2, -0.15) is 4.31 Å². The number of amides is 2. The van der Waals surface area contributed by atoms with E-state index < -0.39 is 21.7 Å². The molecule has 0 spiro atoms. The second-order valence-corrected chi connectivity index (χ2v) is 11.6.